The standard InChI is InChI=1S/C50H32N2O/c1-4-16-35(17-5-1)50(36-18-6-2-7-19-36)44-25-11-10-22-40(44)41-31-30-39(32-45(41)50)52(37-20-8-3-9-21-37)38-28-26-34(27-29-38)49-51-47-42-23-12-14-33-15-13-24-43(46(33)42)48(47)53-49/h1-32H. The fourth-order valence-electron chi connectivity index (χ4n) is 8.89. The number of nitrogens with zero attached hydrogens (tertiary/aromatic N) is 2. The lowest BCUT2D eigenvalue weighted by Crippen LogP contribution is -2.28. The summed E-state index contributed by atoms with van der Waals surface area (Å²) in [4.78, 5) is 7.39. The van der Waals surface area contributed by atoms with E-state index in [4.69, 9.17) is 9.40 Å². The van der Waals surface area contributed by atoms with Gasteiger partial charge in [0.1, 0.15) is 5.69 Å². The molecule has 1 aromatic heterocycles. The number of benzene rings is 8. The molecule has 11 rings (SSSR count). The van der Waals surface area contributed by atoms with E-state index in [9.17, 15) is 0 Å². The predicted octanol–water partition coefficient (Wildman–Crippen LogP) is 13.0. The molecule has 53 heavy (non-hydrogen) atoms. The average Bonchev–Trinajstić information content (AvgIpc) is 3.89. The van der Waals surface area contributed by atoms with E-state index in [0.717, 1.165) is 45.2 Å². The fraction of sp³-hybridized carbons (Fsp3) is 0.0200. The van der Waals surface area contributed by atoms with Gasteiger partial charge in [-0.1, -0.05) is 146 Å². The quantitative estimate of drug-likeness (QED) is 0.176. The van der Waals surface area contributed by atoms with Crippen molar-refractivity contribution in [2.75, 3.05) is 4.90 Å². The first-order chi connectivity index (χ1) is 26.3. The Morgan fingerprint density at radius 2 is 1.00 bits per heavy atom. The van der Waals surface area contributed by atoms with Crippen molar-refractivity contribution >= 4 is 27.8 Å². The predicted molar refractivity (Wildman–Crippen MR) is 216 cm³/mol. The van der Waals surface area contributed by atoms with Crippen molar-refractivity contribution in [3.8, 4) is 45.2 Å². The van der Waals surface area contributed by atoms with E-state index in [2.05, 4.69) is 199 Å². The Balaban J connectivity index is 1.06. The maximum Gasteiger partial charge on any atom is 0.227 e. The van der Waals surface area contributed by atoms with Gasteiger partial charge in [-0.05, 0) is 87.3 Å². The summed E-state index contributed by atoms with van der Waals surface area (Å²) in [7, 11) is 0. The second-order valence-corrected chi connectivity index (χ2v) is 13.9. The van der Waals surface area contributed by atoms with Crippen LogP contribution in [-0.2, 0) is 5.41 Å². The third-order valence-electron chi connectivity index (χ3n) is 11.1. The van der Waals surface area contributed by atoms with Crippen LogP contribution in [0.5, 0.6) is 0 Å². The number of rotatable bonds is 6. The number of anilines is 3. The zero-order valence-corrected chi connectivity index (χ0v) is 28.8. The van der Waals surface area contributed by atoms with Crippen LogP contribution >= 0.6 is 0 Å². The van der Waals surface area contributed by atoms with Gasteiger partial charge in [-0.15, -0.1) is 0 Å². The van der Waals surface area contributed by atoms with Gasteiger partial charge in [0.25, 0.3) is 0 Å². The molecule has 9 aromatic rings. The number of aromatic nitrogens is 1. The van der Waals surface area contributed by atoms with E-state index < -0.39 is 5.41 Å². The van der Waals surface area contributed by atoms with Gasteiger partial charge in [-0.2, -0.15) is 0 Å². The Morgan fingerprint density at radius 3 is 1.72 bits per heavy atom. The molecule has 8 aromatic carbocycles. The van der Waals surface area contributed by atoms with Gasteiger partial charge in [0.15, 0.2) is 5.76 Å². The molecule has 1 heterocycles. The van der Waals surface area contributed by atoms with Crippen LogP contribution in [0.25, 0.3) is 55.9 Å². The molecule has 0 fully saturated rings. The zero-order valence-electron chi connectivity index (χ0n) is 28.8. The lowest BCUT2D eigenvalue weighted by Gasteiger charge is -2.35. The van der Waals surface area contributed by atoms with Gasteiger partial charge in [-0.25, -0.2) is 4.98 Å². The van der Waals surface area contributed by atoms with Crippen molar-refractivity contribution in [3.63, 3.8) is 0 Å². The molecular weight excluding hydrogens is 645 g/mol. The highest BCUT2D eigenvalue weighted by Gasteiger charge is 2.46. The van der Waals surface area contributed by atoms with Crippen molar-refractivity contribution in [3.05, 3.63) is 216 Å². The molecule has 0 bridgehead atoms. The fourth-order valence-corrected chi connectivity index (χ4v) is 8.89. The molecule has 0 atom stereocenters. The van der Waals surface area contributed by atoms with Crippen LogP contribution in [0.1, 0.15) is 22.3 Å². The van der Waals surface area contributed by atoms with Crippen LogP contribution in [0.2, 0.25) is 0 Å². The van der Waals surface area contributed by atoms with Gasteiger partial charge < -0.3 is 9.32 Å². The Labute approximate surface area is 308 Å². The minimum Gasteiger partial charge on any atom is -0.435 e. The molecule has 3 nitrogen and oxygen atoms in total. The van der Waals surface area contributed by atoms with Gasteiger partial charge in [0.2, 0.25) is 5.89 Å². The van der Waals surface area contributed by atoms with Crippen molar-refractivity contribution in [2.45, 2.75) is 5.41 Å². The summed E-state index contributed by atoms with van der Waals surface area (Å²) in [6.45, 7) is 0. The summed E-state index contributed by atoms with van der Waals surface area (Å²) >= 11 is 0. The second-order valence-electron chi connectivity index (χ2n) is 13.9. The molecule has 2 aliphatic carbocycles. The molecule has 0 saturated carbocycles. The molecule has 0 N–H and O–H groups in total. The maximum atomic E-state index is 6.52. The third-order valence-corrected chi connectivity index (χ3v) is 11.1. The van der Waals surface area contributed by atoms with Crippen LogP contribution in [0.4, 0.5) is 17.1 Å². The Kier molecular flexibility index (Phi) is 6.47. The highest BCUT2D eigenvalue weighted by Crippen LogP contribution is 2.57. The van der Waals surface area contributed by atoms with Gasteiger partial charge in [-0.3, -0.25) is 0 Å². The Morgan fingerprint density at radius 1 is 0.434 bits per heavy atom. The molecule has 0 radical (unpaired) electrons. The van der Waals surface area contributed by atoms with Gasteiger partial charge >= 0.3 is 0 Å². The lowest BCUT2D eigenvalue weighted by molar-refractivity contribution is 0.590. The molecule has 0 amide bonds. The monoisotopic (exact) mass is 676 g/mol. The van der Waals surface area contributed by atoms with Crippen molar-refractivity contribution in [2.24, 2.45) is 0 Å². The molecule has 0 saturated heterocycles. The molecule has 248 valence electrons. The first kappa shape index (κ1) is 29.7. The minimum atomic E-state index is -0.481. The Bertz CT molecular complexity index is 2730. The van der Waals surface area contributed by atoms with E-state index in [0.29, 0.717) is 5.89 Å². The number of hydrogen-bond donors (Lipinski definition) is 0. The number of fused-ring (bicyclic) bond motifs is 6. The van der Waals surface area contributed by atoms with Gasteiger partial charge in [0.05, 0.1) is 5.41 Å². The lowest BCUT2D eigenvalue weighted by atomic mass is 9.67. The van der Waals surface area contributed by atoms with Crippen molar-refractivity contribution in [1.82, 2.24) is 4.98 Å². The smallest absolute Gasteiger partial charge is 0.227 e. The highest BCUT2D eigenvalue weighted by molar-refractivity contribution is 6.13. The molecule has 3 heteroatoms. The number of hydrogen-bond acceptors (Lipinski definition) is 3. The minimum absolute atomic E-state index is 0.481. The van der Waals surface area contributed by atoms with Crippen LogP contribution in [0.3, 0.4) is 0 Å². The molecule has 0 spiro atoms. The van der Waals surface area contributed by atoms with Crippen LogP contribution in [0, 0.1) is 0 Å². The van der Waals surface area contributed by atoms with E-state index >= 15 is 0 Å². The average molecular weight is 677 g/mol. The first-order valence-corrected chi connectivity index (χ1v) is 18.1. The first-order valence-electron chi connectivity index (χ1n) is 18.1. The van der Waals surface area contributed by atoms with Crippen LogP contribution in [0.15, 0.2) is 199 Å². The third kappa shape index (κ3) is 4.31. The van der Waals surface area contributed by atoms with Crippen molar-refractivity contribution in [1.29, 1.82) is 0 Å². The molecule has 0 unspecified atom stereocenters. The summed E-state index contributed by atoms with van der Waals surface area (Å²) in [5, 5.41) is 2.43. The Hall–Kier alpha value is -6.97. The maximum absolute atomic E-state index is 6.52. The number of oxazole rings is 1. The van der Waals surface area contributed by atoms with E-state index in [-0.39, 0.29) is 0 Å². The van der Waals surface area contributed by atoms with E-state index in [1.165, 1.54) is 44.2 Å². The zero-order chi connectivity index (χ0) is 34.9. The summed E-state index contributed by atoms with van der Waals surface area (Å²) in [6.07, 6.45) is 0. The molecule has 2 aliphatic rings. The van der Waals surface area contributed by atoms with Crippen LogP contribution < -0.4 is 4.90 Å². The number of para-hydroxylation sites is 1. The largest absolute Gasteiger partial charge is 0.435 e. The second kappa shape index (κ2) is 11.5. The molecule has 0 aliphatic heterocycles. The summed E-state index contributed by atoms with van der Waals surface area (Å²) < 4.78 is 6.52. The van der Waals surface area contributed by atoms with Crippen molar-refractivity contribution < 1.29 is 4.42 Å². The van der Waals surface area contributed by atoms with Crippen LogP contribution in [-0.4, -0.2) is 4.98 Å². The summed E-state index contributed by atoms with van der Waals surface area (Å²) in [5.74, 6) is 1.48. The van der Waals surface area contributed by atoms with E-state index in [1.807, 2.05) is 0 Å². The highest BCUT2D eigenvalue weighted by atomic mass is 16.4. The normalized spacial score (nSPS) is 13.1. The molecular formula is C50H32N2O. The van der Waals surface area contributed by atoms with E-state index in [1.54, 1.807) is 0 Å². The SMILES string of the molecule is c1ccc(N(c2ccc(-c3nc4c(o3)-c3cccc5cccc-4c35)cc2)c2ccc3c(c2)C(c2ccccc2)(c2ccccc2)c2ccccc2-3)cc1. The summed E-state index contributed by atoms with van der Waals surface area (Å²) in [6, 6.07) is 69.8. The summed E-state index contributed by atoms with van der Waals surface area (Å²) in [5.41, 5.74) is 14.5. The topological polar surface area (TPSA) is 29.3 Å². The van der Waals surface area contributed by atoms with Gasteiger partial charge in [0, 0.05) is 39.1 Å².